The molecule has 1 aliphatic rings. The molecule has 2 rings (SSSR count). The Hall–Kier alpha value is -0.990. The normalized spacial score (nSPS) is 22.5. The Balaban J connectivity index is 2.03. The molecule has 1 fully saturated rings. The Labute approximate surface area is 111 Å². The van der Waals surface area contributed by atoms with E-state index in [2.05, 4.69) is 4.72 Å². The summed E-state index contributed by atoms with van der Waals surface area (Å²) in [6.45, 7) is 0.0536. The van der Waals surface area contributed by atoms with Crippen LogP contribution in [0.3, 0.4) is 0 Å². The van der Waals surface area contributed by atoms with Gasteiger partial charge in [0.15, 0.2) is 9.84 Å². The molecule has 8 heteroatoms. The van der Waals surface area contributed by atoms with Crippen molar-refractivity contribution in [2.24, 2.45) is 5.92 Å². The number of halogens is 1. The number of sulfonamides is 1. The maximum atomic E-state index is 13.0. The fourth-order valence-corrected chi connectivity index (χ4v) is 4.99. The molecule has 19 heavy (non-hydrogen) atoms. The number of hydrogen-bond acceptors (Lipinski definition) is 4. The van der Waals surface area contributed by atoms with Crippen molar-refractivity contribution in [2.75, 3.05) is 18.1 Å². The molecule has 1 heterocycles. The molecule has 1 N–H and O–H groups in total. The van der Waals surface area contributed by atoms with Crippen LogP contribution in [0.1, 0.15) is 6.42 Å². The van der Waals surface area contributed by atoms with Gasteiger partial charge in [-0.05, 0) is 30.5 Å². The average molecular weight is 307 g/mol. The quantitative estimate of drug-likeness (QED) is 0.880. The second-order valence-corrected chi connectivity index (χ2v) is 8.57. The molecular weight excluding hydrogens is 293 g/mol. The number of sulfone groups is 1. The zero-order valence-electron chi connectivity index (χ0n) is 10.0. The van der Waals surface area contributed by atoms with Gasteiger partial charge in [0.2, 0.25) is 10.0 Å². The third-order valence-electron chi connectivity index (χ3n) is 3.00. The van der Waals surface area contributed by atoms with E-state index in [9.17, 15) is 21.2 Å². The topological polar surface area (TPSA) is 80.3 Å². The van der Waals surface area contributed by atoms with Crippen LogP contribution in [0.15, 0.2) is 29.2 Å². The van der Waals surface area contributed by atoms with Crippen LogP contribution in [0, 0.1) is 11.7 Å². The minimum Gasteiger partial charge on any atom is -0.229 e. The minimum atomic E-state index is -3.79. The SMILES string of the molecule is O=S1(=O)CC[C@H](CNS(=O)(=O)c2cccc(F)c2)C1. The van der Waals surface area contributed by atoms with Crippen LogP contribution < -0.4 is 4.72 Å². The molecule has 0 saturated carbocycles. The molecule has 0 aromatic heterocycles. The van der Waals surface area contributed by atoms with Crippen LogP contribution in [-0.2, 0) is 19.9 Å². The Bertz CT molecular complexity index is 670. The van der Waals surface area contributed by atoms with Crippen LogP contribution >= 0.6 is 0 Å². The lowest BCUT2D eigenvalue weighted by molar-refractivity contribution is 0.542. The van der Waals surface area contributed by atoms with Crippen molar-refractivity contribution >= 4 is 19.9 Å². The molecule has 0 aliphatic carbocycles. The Morgan fingerprint density at radius 1 is 1.37 bits per heavy atom. The van der Waals surface area contributed by atoms with Crippen molar-refractivity contribution < 1.29 is 21.2 Å². The highest BCUT2D eigenvalue weighted by atomic mass is 32.2. The third kappa shape index (κ3) is 3.74. The smallest absolute Gasteiger partial charge is 0.229 e. The summed E-state index contributed by atoms with van der Waals surface area (Å²) in [5.74, 6) is -0.752. The first kappa shape index (κ1) is 14.4. The van der Waals surface area contributed by atoms with E-state index < -0.39 is 25.7 Å². The molecule has 1 aromatic carbocycles. The molecule has 1 atom stereocenters. The number of hydrogen-bond donors (Lipinski definition) is 1. The summed E-state index contributed by atoms with van der Waals surface area (Å²) in [5.41, 5.74) is 0. The highest BCUT2D eigenvalue weighted by Gasteiger charge is 2.29. The largest absolute Gasteiger partial charge is 0.240 e. The molecule has 0 amide bonds. The van der Waals surface area contributed by atoms with Crippen LogP contribution in [0.2, 0.25) is 0 Å². The highest BCUT2D eigenvalue weighted by molar-refractivity contribution is 7.91. The van der Waals surface area contributed by atoms with Crippen molar-refractivity contribution in [3.63, 3.8) is 0 Å². The Morgan fingerprint density at radius 2 is 2.11 bits per heavy atom. The molecule has 106 valence electrons. The Kier molecular flexibility index (Phi) is 3.93. The van der Waals surface area contributed by atoms with E-state index in [0.717, 1.165) is 12.1 Å². The highest BCUT2D eigenvalue weighted by Crippen LogP contribution is 2.18. The van der Waals surface area contributed by atoms with Gasteiger partial charge >= 0.3 is 0 Å². The third-order valence-corrected chi connectivity index (χ3v) is 6.25. The number of benzene rings is 1. The predicted octanol–water partition coefficient (Wildman–Crippen LogP) is 0.539. The standard InChI is InChI=1S/C11H14FNO4S2/c12-10-2-1-3-11(6-10)19(16,17)13-7-9-4-5-18(14,15)8-9/h1-3,6,9,13H,4-5,7-8H2/t9-/m1/s1. The lowest BCUT2D eigenvalue weighted by atomic mass is 10.1. The van der Waals surface area contributed by atoms with E-state index in [4.69, 9.17) is 0 Å². The first-order chi connectivity index (χ1) is 8.78. The lowest BCUT2D eigenvalue weighted by Crippen LogP contribution is -2.30. The zero-order valence-corrected chi connectivity index (χ0v) is 11.7. The fraction of sp³-hybridized carbons (Fsp3) is 0.455. The summed E-state index contributed by atoms with van der Waals surface area (Å²) < 4.78 is 61.5. The molecule has 5 nitrogen and oxygen atoms in total. The second-order valence-electron chi connectivity index (χ2n) is 4.58. The fourth-order valence-electron chi connectivity index (χ4n) is 1.98. The molecule has 0 unspecified atom stereocenters. The summed E-state index contributed by atoms with van der Waals surface area (Å²) in [4.78, 5) is -0.159. The number of rotatable bonds is 4. The molecule has 0 spiro atoms. The molecule has 1 aliphatic heterocycles. The van der Waals surface area contributed by atoms with E-state index in [0.29, 0.717) is 6.42 Å². The minimum absolute atomic E-state index is 0.00132. The van der Waals surface area contributed by atoms with Crippen LogP contribution in [0.5, 0.6) is 0 Å². The van der Waals surface area contributed by atoms with Gasteiger partial charge in [0.25, 0.3) is 0 Å². The maximum absolute atomic E-state index is 13.0. The van der Waals surface area contributed by atoms with Gasteiger partial charge in [0.1, 0.15) is 5.82 Å². The molecule has 1 aromatic rings. The predicted molar refractivity (Wildman–Crippen MR) is 68.3 cm³/mol. The van der Waals surface area contributed by atoms with Gasteiger partial charge in [-0.25, -0.2) is 25.9 Å². The van der Waals surface area contributed by atoms with Gasteiger partial charge in [-0.1, -0.05) is 6.07 Å². The van der Waals surface area contributed by atoms with Crippen molar-refractivity contribution in [3.8, 4) is 0 Å². The first-order valence-corrected chi connectivity index (χ1v) is 9.05. The lowest BCUT2D eigenvalue weighted by Gasteiger charge is -2.10. The van der Waals surface area contributed by atoms with Crippen molar-refractivity contribution in [1.82, 2.24) is 4.72 Å². The summed E-state index contributed by atoms with van der Waals surface area (Å²) in [6, 6.07) is 4.68. The van der Waals surface area contributed by atoms with Crippen molar-refractivity contribution in [2.45, 2.75) is 11.3 Å². The van der Waals surface area contributed by atoms with Gasteiger partial charge in [0, 0.05) is 6.54 Å². The van der Waals surface area contributed by atoms with Gasteiger partial charge in [0.05, 0.1) is 16.4 Å². The van der Waals surface area contributed by atoms with Gasteiger partial charge in [-0.3, -0.25) is 0 Å². The average Bonchev–Trinajstić information content (AvgIpc) is 2.67. The molecule has 0 radical (unpaired) electrons. The van der Waals surface area contributed by atoms with E-state index in [-0.39, 0.29) is 28.9 Å². The Morgan fingerprint density at radius 3 is 2.68 bits per heavy atom. The van der Waals surface area contributed by atoms with Crippen LogP contribution in [0.4, 0.5) is 4.39 Å². The second kappa shape index (κ2) is 5.18. The van der Waals surface area contributed by atoms with Gasteiger partial charge in [-0.2, -0.15) is 0 Å². The van der Waals surface area contributed by atoms with Gasteiger partial charge < -0.3 is 0 Å². The van der Waals surface area contributed by atoms with E-state index in [1.54, 1.807) is 0 Å². The van der Waals surface area contributed by atoms with Crippen molar-refractivity contribution in [1.29, 1.82) is 0 Å². The molecule has 0 bridgehead atoms. The molecule has 1 saturated heterocycles. The van der Waals surface area contributed by atoms with E-state index >= 15 is 0 Å². The monoisotopic (exact) mass is 307 g/mol. The first-order valence-electron chi connectivity index (χ1n) is 5.74. The summed E-state index contributed by atoms with van der Waals surface area (Å²) in [7, 11) is -6.82. The summed E-state index contributed by atoms with van der Waals surface area (Å²) >= 11 is 0. The maximum Gasteiger partial charge on any atom is 0.240 e. The zero-order chi connectivity index (χ0) is 14.1. The van der Waals surface area contributed by atoms with E-state index in [1.807, 2.05) is 0 Å². The summed E-state index contributed by atoms with van der Waals surface area (Å²) in [5, 5.41) is 0. The van der Waals surface area contributed by atoms with Crippen molar-refractivity contribution in [3.05, 3.63) is 30.1 Å². The number of nitrogens with one attached hydrogen (secondary N) is 1. The van der Waals surface area contributed by atoms with E-state index in [1.165, 1.54) is 12.1 Å². The molecular formula is C11H14FNO4S2. The summed E-state index contributed by atoms with van der Waals surface area (Å²) in [6.07, 6.45) is 0.452. The van der Waals surface area contributed by atoms with Crippen LogP contribution in [-0.4, -0.2) is 34.9 Å². The van der Waals surface area contributed by atoms with Crippen LogP contribution in [0.25, 0.3) is 0 Å². The van der Waals surface area contributed by atoms with Gasteiger partial charge in [-0.15, -0.1) is 0 Å².